The molecule has 2 rings (SSSR count). The maximum atomic E-state index is 14.2. The number of alkyl halides is 1. The molecule has 0 saturated heterocycles. The summed E-state index contributed by atoms with van der Waals surface area (Å²) in [6.07, 6.45) is 5.03. The minimum Gasteiger partial charge on any atom is -0.368 e. The van der Waals surface area contributed by atoms with Gasteiger partial charge in [-0.05, 0) is 68.1 Å². The largest absolute Gasteiger partial charge is 0.368 e. The molecule has 2 aliphatic carbocycles. The lowest BCUT2D eigenvalue weighted by molar-refractivity contribution is -0.150. The van der Waals surface area contributed by atoms with Crippen molar-refractivity contribution < 1.29 is 14.2 Å². The fourth-order valence-corrected chi connectivity index (χ4v) is 4.36. The van der Waals surface area contributed by atoms with Crippen LogP contribution in [0.4, 0.5) is 4.39 Å². The van der Waals surface area contributed by atoms with Gasteiger partial charge in [-0.2, -0.15) is 0 Å². The summed E-state index contributed by atoms with van der Waals surface area (Å²) in [5, 5.41) is 10.2. The van der Waals surface area contributed by atoms with Gasteiger partial charge < -0.3 is 9.84 Å². The highest BCUT2D eigenvalue weighted by Gasteiger charge is 2.38. The fourth-order valence-electron chi connectivity index (χ4n) is 4.36. The van der Waals surface area contributed by atoms with Crippen molar-refractivity contribution in [3.05, 3.63) is 0 Å². The number of aliphatic hydroxyl groups is 1. The summed E-state index contributed by atoms with van der Waals surface area (Å²) < 4.78 is 19.7. The van der Waals surface area contributed by atoms with E-state index in [0.717, 1.165) is 32.1 Å². The highest BCUT2D eigenvalue weighted by atomic mass is 19.1. The molecule has 0 aromatic heterocycles. The van der Waals surface area contributed by atoms with Crippen molar-refractivity contribution in [1.82, 2.24) is 0 Å². The van der Waals surface area contributed by atoms with Crippen LogP contribution in [-0.4, -0.2) is 24.2 Å². The first-order chi connectivity index (χ1) is 10.4. The van der Waals surface area contributed by atoms with Crippen LogP contribution in [0.2, 0.25) is 0 Å². The van der Waals surface area contributed by atoms with E-state index in [1.54, 1.807) is 0 Å². The molecule has 2 nitrogen and oxygen atoms in total. The third kappa shape index (κ3) is 4.67. The Bertz CT molecular complexity index is 313. The summed E-state index contributed by atoms with van der Waals surface area (Å²) in [5.41, 5.74) is 0. The average molecular weight is 314 g/mol. The maximum absolute atomic E-state index is 14.2. The van der Waals surface area contributed by atoms with Crippen LogP contribution in [0.25, 0.3) is 0 Å². The van der Waals surface area contributed by atoms with Crippen LogP contribution in [0.15, 0.2) is 0 Å². The average Bonchev–Trinajstić information content (AvgIpc) is 2.50. The van der Waals surface area contributed by atoms with Crippen LogP contribution in [0, 0.1) is 35.5 Å². The van der Waals surface area contributed by atoms with E-state index in [1.165, 1.54) is 6.42 Å². The van der Waals surface area contributed by atoms with Crippen LogP contribution in [-0.2, 0) is 4.74 Å². The van der Waals surface area contributed by atoms with Gasteiger partial charge in [0.1, 0.15) is 6.17 Å². The summed E-state index contributed by atoms with van der Waals surface area (Å²) in [7, 11) is 0. The number of rotatable bonds is 5. The molecule has 2 saturated carbocycles. The zero-order valence-electron chi connectivity index (χ0n) is 14.8. The Morgan fingerprint density at radius 3 is 2.23 bits per heavy atom. The first-order valence-electron chi connectivity index (χ1n) is 9.32. The minimum atomic E-state index is -0.619. The second-order valence-corrected chi connectivity index (χ2v) is 8.38. The second kappa shape index (κ2) is 8.10. The van der Waals surface area contributed by atoms with Crippen molar-refractivity contribution in [2.24, 2.45) is 35.5 Å². The van der Waals surface area contributed by atoms with Crippen molar-refractivity contribution in [2.75, 3.05) is 6.61 Å². The molecule has 3 heteroatoms. The van der Waals surface area contributed by atoms with E-state index in [4.69, 9.17) is 4.74 Å². The monoisotopic (exact) mass is 314 g/mol. The zero-order valence-corrected chi connectivity index (χ0v) is 14.8. The Kier molecular flexibility index (Phi) is 6.70. The molecule has 2 aliphatic rings. The van der Waals surface area contributed by atoms with E-state index in [-0.39, 0.29) is 11.8 Å². The molecule has 0 radical (unpaired) electrons. The normalized spacial score (nSPS) is 41.6. The molecular weight excluding hydrogens is 279 g/mol. The molecule has 22 heavy (non-hydrogen) atoms. The smallest absolute Gasteiger partial charge is 0.157 e. The number of aliphatic hydroxyl groups excluding tert-OH is 1. The van der Waals surface area contributed by atoms with Gasteiger partial charge in [0.15, 0.2) is 6.29 Å². The first kappa shape index (κ1) is 18.2. The number of halogens is 1. The fraction of sp³-hybridized carbons (Fsp3) is 1.00. The summed E-state index contributed by atoms with van der Waals surface area (Å²) in [5.74, 6) is 2.66. The van der Waals surface area contributed by atoms with Gasteiger partial charge in [0.05, 0.1) is 6.61 Å². The zero-order chi connectivity index (χ0) is 16.3. The van der Waals surface area contributed by atoms with E-state index in [9.17, 15) is 9.50 Å². The molecule has 5 atom stereocenters. The second-order valence-electron chi connectivity index (χ2n) is 8.38. The van der Waals surface area contributed by atoms with Crippen LogP contribution < -0.4 is 0 Å². The Morgan fingerprint density at radius 2 is 1.68 bits per heavy atom. The number of hydrogen-bond acceptors (Lipinski definition) is 2. The van der Waals surface area contributed by atoms with E-state index >= 15 is 0 Å². The molecule has 0 aliphatic heterocycles. The Balaban J connectivity index is 1.77. The van der Waals surface area contributed by atoms with Gasteiger partial charge in [-0.3, -0.25) is 0 Å². The topological polar surface area (TPSA) is 29.5 Å². The quantitative estimate of drug-likeness (QED) is 0.738. The lowest BCUT2D eigenvalue weighted by Gasteiger charge is -2.41. The summed E-state index contributed by atoms with van der Waals surface area (Å²) >= 11 is 0. The van der Waals surface area contributed by atoms with Crippen molar-refractivity contribution in [2.45, 2.75) is 78.7 Å². The molecular formula is C19H35FO2. The van der Waals surface area contributed by atoms with Gasteiger partial charge in [-0.15, -0.1) is 0 Å². The minimum absolute atomic E-state index is 0.221. The molecule has 0 aromatic rings. The standard InChI is InChI=1S/C19H35FO2/c1-12(2)11-22-19(21)16-7-5-15(6-8-16)17-9-13(3)14(4)18(20)10-17/h12-19,21H,5-11H2,1-4H3. The Labute approximate surface area is 135 Å². The highest BCUT2D eigenvalue weighted by Crippen LogP contribution is 2.44. The van der Waals surface area contributed by atoms with E-state index < -0.39 is 12.5 Å². The number of hydrogen-bond donors (Lipinski definition) is 1. The predicted octanol–water partition coefficient (Wildman–Crippen LogP) is 4.80. The van der Waals surface area contributed by atoms with Crippen LogP contribution >= 0.6 is 0 Å². The summed E-state index contributed by atoms with van der Waals surface area (Å²) in [6, 6.07) is 0. The third-order valence-electron chi connectivity index (χ3n) is 6.16. The SMILES string of the molecule is CC(C)COC(O)C1CCC(C2CC(C)C(C)C(F)C2)CC1. The van der Waals surface area contributed by atoms with Gasteiger partial charge in [-0.25, -0.2) is 4.39 Å². The molecule has 0 heterocycles. The van der Waals surface area contributed by atoms with Gasteiger partial charge in [0.25, 0.3) is 0 Å². The van der Waals surface area contributed by atoms with Crippen molar-refractivity contribution in [1.29, 1.82) is 0 Å². The molecule has 0 aromatic carbocycles. The number of ether oxygens (including phenoxy) is 1. The molecule has 1 N–H and O–H groups in total. The summed E-state index contributed by atoms with van der Waals surface area (Å²) in [4.78, 5) is 0. The van der Waals surface area contributed by atoms with Gasteiger partial charge in [0.2, 0.25) is 0 Å². The molecule has 0 spiro atoms. The summed E-state index contributed by atoms with van der Waals surface area (Å²) in [6.45, 7) is 9.09. The highest BCUT2D eigenvalue weighted by molar-refractivity contribution is 4.87. The van der Waals surface area contributed by atoms with Crippen molar-refractivity contribution in [3.8, 4) is 0 Å². The van der Waals surface area contributed by atoms with E-state index in [2.05, 4.69) is 27.7 Å². The molecule has 0 bridgehead atoms. The lowest BCUT2D eigenvalue weighted by atomic mass is 9.66. The first-order valence-corrected chi connectivity index (χ1v) is 9.32. The third-order valence-corrected chi connectivity index (χ3v) is 6.16. The van der Waals surface area contributed by atoms with Crippen molar-refractivity contribution in [3.63, 3.8) is 0 Å². The maximum Gasteiger partial charge on any atom is 0.157 e. The lowest BCUT2D eigenvalue weighted by Crippen LogP contribution is -2.36. The van der Waals surface area contributed by atoms with Crippen LogP contribution in [0.1, 0.15) is 66.2 Å². The van der Waals surface area contributed by atoms with Crippen molar-refractivity contribution >= 4 is 0 Å². The Hall–Kier alpha value is -0.150. The van der Waals surface area contributed by atoms with Gasteiger partial charge in [0, 0.05) is 5.92 Å². The van der Waals surface area contributed by atoms with Crippen LogP contribution in [0.5, 0.6) is 0 Å². The molecule has 5 unspecified atom stereocenters. The van der Waals surface area contributed by atoms with Crippen LogP contribution in [0.3, 0.4) is 0 Å². The van der Waals surface area contributed by atoms with E-state index in [0.29, 0.717) is 30.3 Å². The van der Waals surface area contributed by atoms with Gasteiger partial charge in [-0.1, -0.05) is 27.7 Å². The molecule has 2 fully saturated rings. The predicted molar refractivity (Wildman–Crippen MR) is 88.2 cm³/mol. The van der Waals surface area contributed by atoms with Gasteiger partial charge >= 0.3 is 0 Å². The molecule has 0 amide bonds. The molecule has 130 valence electrons. The Morgan fingerprint density at radius 1 is 1.05 bits per heavy atom. The van der Waals surface area contributed by atoms with E-state index in [1.807, 2.05) is 0 Å².